The van der Waals surface area contributed by atoms with E-state index >= 15 is 0 Å². The van der Waals surface area contributed by atoms with Crippen molar-refractivity contribution in [1.29, 1.82) is 0 Å². The molecule has 1 fully saturated rings. The van der Waals surface area contributed by atoms with Crippen LogP contribution >= 0.6 is 0 Å². The van der Waals surface area contributed by atoms with Gasteiger partial charge in [0.25, 0.3) is 0 Å². The van der Waals surface area contributed by atoms with Gasteiger partial charge in [0.15, 0.2) is 5.88 Å². The second-order valence-corrected chi connectivity index (χ2v) is 4.69. The van der Waals surface area contributed by atoms with Gasteiger partial charge in [-0.1, -0.05) is 0 Å². The van der Waals surface area contributed by atoms with Gasteiger partial charge in [-0.05, 0) is 19.4 Å². The van der Waals surface area contributed by atoms with E-state index in [2.05, 4.69) is 15.3 Å². The maximum Gasteiger partial charge on any atom is 0.198 e. The summed E-state index contributed by atoms with van der Waals surface area (Å²) in [6.07, 6.45) is 2.03. The van der Waals surface area contributed by atoms with Crippen LogP contribution in [0.4, 0.5) is 17.5 Å². The number of aliphatic hydroxyl groups excluding tert-OH is 1. The van der Waals surface area contributed by atoms with Crippen molar-refractivity contribution in [2.45, 2.75) is 19.4 Å². The molecule has 1 atom stereocenters. The number of β-amino-alcohol motifs (C(OH)–C–C–N with tert-alkyl or cyclic N) is 1. The maximum absolute atomic E-state index is 9.55. The number of furan rings is 1. The Balaban J connectivity index is 1.76. The van der Waals surface area contributed by atoms with E-state index in [9.17, 15) is 5.11 Å². The van der Waals surface area contributed by atoms with Gasteiger partial charge >= 0.3 is 0 Å². The highest BCUT2D eigenvalue weighted by Gasteiger charge is 2.21. The lowest BCUT2D eigenvalue weighted by atomic mass is 10.3. The van der Waals surface area contributed by atoms with Crippen LogP contribution in [0.15, 0.2) is 28.9 Å². The quantitative estimate of drug-likeness (QED) is 0.874. The zero-order valence-electron chi connectivity index (χ0n) is 10.7. The smallest absolute Gasteiger partial charge is 0.198 e. The van der Waals surface area contributed by atoms with Crippen LogP contribution in [0.3, 0.4) is 0 Å². The molecule has 1 aliphatic rings. The average molecular weight is 260 g/mol. The van der Waals surface area contributed by atoms with E-state index in [1.165, 1.54) is 6.33 Å². The summed E-state index contributed by atoms with van der Waals surface area (Å²) in [6, 6.07) is 5.61. The summed E-state index contributed by atoms with van der Waals surface area (Å²) in [5, 5.41) is 12.6. The van der Waals surface area contributed by atoms with Crippen LogP contribution in [0.5, 0.6) is 0 Å². The lowest BCUT2D eigenvalue weighted by Crippen LogP contribution is -2.22. The Kier molecular flexibility index (Phi) is 3.08. The first-order chi connectivity index (χ1) is 9.20. The fourth-order valence-electron chi connectivity index (χ4n) is 2.17. The van der Waals surface area contributed by atoms with Crippen molar-refractivity contribution in [3.8, 4) is 0 Å². The number of nitrogens with zero attached hydrogens (tertiary/aromatic N) is 3. The van der Waals surface area contributed by atoms with Crippen LogP contribution in [0.1, 0.15) is 12.2 Å². The fraction of sp³-hybridized carbons (Fsp3) is 0.385. The van der Waals surface area contributed by atoms with Gasteiger partial charge in [-0.2, -0.15) is 0 Å². The molecule has 0 bridgehead atoms. The summed E-state index contributed by atoms with van der Waals surface area (Å²) in [5.41, 5.74) is 0. The van der Waals surface area contributed by atoms with E-state index in [-0.39, 0.29) is 6.10 Å². The Hall–Kier alpha value is -2.08. The predicted octanol–water partition coefficient (Wildman–Crippen LogP) is 1.69. The van der Waals surface area contributed by atoms with Crippen molar-refractivity contribution >= 4 is 17.5 Å². The fourth-order valence-corrected chi connectivity index (χ4v) is 2.17. The second-order valence-electron chi connectivity index (χ2n) is 4.69. The van der Waals surface area contributed by atoms with Crippen LogP contribution in [0.2, 0.25) is 0 Å². The Labute approximate surface area is 111 Å². The lowest BCUT2D eigenvalue weighted by Gasteiger charge is -2.16. The Morgan fingerprint density at radius 2 is 2.32 bits per heavy atom. The number of hydrogen-bond donors (Lipinski definition) is 2. The van der Waals surface area contributed by atoms with E-state index in [0.29, 0.717) is 18.2 Å². The van der Waals surface area contributed by atoms with E-state index in [4.69, 9.17) is 4.42 Å². The minimum absolute atomic E-state index is 0.265. The van der Waals surface area contributed by atoms with Crippen LogP contribution in [0, 0.1) is 6.92 Å². The number of hydrogen-bond acceptors (Lipinski definition) is 6. The molecule has 3 heterocycles. The second kappa shape index (κ2) is 4.89. The number of nitrogens with one attached hydrogen (secondary N) is 1. The van der Waals surface area contributed by atoms with Gasteiger partial charge in [-0.3, -0.25) is 0 Å². The largest absolute Gasteiger partial charge is 0.446 e. The Bertz CT molecular complexity index is 569. The topological polar surface area (TPSA) is 74.4 Å². The molecule has 0 aromatic carbocycles. The Morgan fingerprint density at radius 3 is 3.00 bits per heavy atom. The molecule has 2 aromatic rings. The van der Waals surface area contributed by atoms with E-state index in [1.54, 1.807) is 0 Å². The summed E-state index contributed by atoms with van der Waals surface area (Å²) >= 11 is 0. The van der Waals surface area contributed by atoms with Crippen molar-refractivity contribution in [1.82, 2.24) is 9.97 Å². The number of aromatic nitrogens is 2. The minimum Gasteiger partial charge on any atom is -0.446 e. The SMILES string of the molecule is Cc1ccc(Nc2cc(N3CCC(O)C3)ncn2)o1. The van der Waals surface area contributed by atoms with Crippen LogP contribution < -0.4 is 10.2 Å². The molecule has 6 heteroatoms. The first-order valence-corrected chi connectivity index (χ1v) is 6.29. The maximum atomic E-state index is 9.55. The van der Waals surface area contributed by atoms with Gasteiger partial charge in [-0.15, -0.1) is 0 Å². The van der Waals surface area contributed by atoms with E-state index in [1.807, 2.05) is 30.0 Å². The molecular weight excluding hydrogens is 244 g/mol. The van der Waals surface area contributed by atoms with Gasteiger partial charge in [0, 0.05) is 25.2 Å². The molecule has 3 rings (SSSR count). The minimum atomic E-state index is -0.265. The van der Waals surface area contributed by atoms with Crippen molar-refractivity contribution < 1.29 is 9.52 Å². The van der Waals surface area contributed by atoms with Crippen molar-refractivity contribution in [3.05, 3.63) is 30.3 Å². The standard InChI is InChI=1S/C13H16N4O2/c1-9-2-3-13(19-9)16-11-6-12(15-8-14-11)17-5-4-10(18)7-17/h2-3,6,8,10,18H,4-5,7H2,1H3,(H,14,15,16). The molecule has 1 saturated heterocycles. The van der Waals surface area contributed by atoms with E-state index in [0.717, 1.165) is 24.5 Å². The molecule has 19 heavy (non-hydrogen) atoms. The molecule has 2 N–H and O–H groups in total. The van der Waals surface area contributed by atoms with Crippen LogP contribution in [0.25, 0.3) is 0 Å². The number of anilines is 3. The molecule has 0 spiro atoms. The monoisotopic (exact) mass is 260 g/mol. The third kappa shape index (κ3) is 2.68. The third-order valence-corrected chi connectivity index (χ3v) is 3.13. The van der Waals surface area contributed by atoms with Gasteiger partial charge in [0.05, 0.1) is 6.10 Å². The summed E-state index contributed by atoms with van der Waals surface area (Å²) in [6.45, 7) is 3.33. The van der Waals surface area contributed by atoms with Gasteiger partial charge in [0.2, 0.25) is 0 Å². The van der Waals surface area contributed by atoms with Crippen molar-refractivity contribution in [2.24, 2.45) is 0 Å². The highest BCUT2D eigenvalue weighted by atomic mass is 16.4. The molecule has 1 unspecified atom stereocenters. The molecule has 0 saturated carbocycles. The first-order valence-electron chi connectivity index (χ1n) is 6.29. The molecule has 6 nitrogen and oxygen atoms in total. The summed E-state index contributed by atoms with van der Waals surface area (Å²) in [7, 11) is 0. The van der Waals surface area contributed by atoms with Crippen LogP contribution in [-0.4, -0.2) is 34.3 Å². The van der Waals surface area contributed by atoms with E-state index < -0.39 is 0 Å². The highest BCUT2D eigenvalue weighted by molar-refractivity contribution is 5.55. The number of aliphatic hydroxyl groups is 1. The highest BCUT2D eigenvalue weighted by Crippen LogP contribution is 2.22. The summed E-state index contributed by atoms with van der Waals surface area (Å²) in [4.78, 5) is 10.4. The molecule has 1 aliphatic heterocycles. The first kappa shape index (κ1) is 12.0. The molecule has 0 aliphatic carbocycles. The molecule has 0 radical (unpaired) electrons. The molecular formula is C13H16N4O2. The van der Waals surface area contributed by atoms with Crippen molar-refractivity contribution in [2.75, 3.05) is 23.3 Å². The predicted molar refractivity (Wildman–Crippen MR) is 71.6 cm³/mol. The Morgan fingerprint density at radius 1 is 1.42 bits per heavy atom. The summed E-state index contributed by atoms with van der Waals surface area (Å²) in [5.74, 6) is 3.00. The average Bonchev–Trinajstić information content (AvgIpc) is 2.99. The summed E-state index contributed by atoms with van der Waals surface area (Å²) < 4.78 is 5.44. The third-order valence-electron chi connectivity index (χ3n) is 3.13. The molecule has 0 amide bonds. The zero-order valence-corrected chi connectivity index (χ0v) is 10.7. The lowest BCUT2D eigenvalue weighted by molar-refractivity contribution is 0.198. The number of rotatable bonds is 3. The van der Waals surface area contributed by atoms with Crippen LogP contribution in [-0.2, 0) is 0 Å². The van der Waals surface area contributed by atoms with Gasteiger partial charge in [0.1, 0.15) is 23.7 Å². The van der Waals surface area contributed by atoms with Gasteiger partial charge < -0.3 is 19.7 Å². The van der Waals surface area contributed by atoms with Gasteiger partial charge in [-0.25, -0.2) is 9.97 Å². The molecule has 2 aromatic heterocycles. The normalized spacial score (nSPS) is 18.8. The number of aryl methyl sites for hydroxylation is 1. The molecule has 100 valence electrons. The zero-order chi connectivity index (χ0) is 13.2. The van der Waals surface area contributed by atoms with Crippen molar-refractivity contribution in [3.63, 3.8) is 0 Å².